The van der Waals surface area contributed by atoms with Crippen LogP contribution in [0.3, 0.4) is 0 Å². The SMILES string of the molecule is Nc1ncnc2c1ncn2CCCOCC1CCCC1. The largest absolute Gasteiger partial charge is 0.382 e. The van der Waals surface area contributed by atoms with Gasteiger partial charge in [-0.3, -0.25) is 0 Å². The van der Waals surface area contributed by atoms with Crippen molar-refractivity contribution in [1.82, 2.24) is 19.5 Å². The Kier molecular flexibility index (Phi) is 4.11. The zero-order valence-corrected chi connectivity index (χ0v) is 11.7. The fraction of sp³-hybridized carbons (Fsp3) is 0.643. The lowest BCUT2D eigenvalue weighted by Gasteiger charge is -2.10. The summed E-state index contributed by atoms with van der Waals surface area (Å²) in [5, 5.41) is 0. The van der Waals surface area contributed by atoms with E-state index in [-0.39, 0.29) is 0 Å². The smallest absolute Gasteiger partial charge is 0.165 e. The van der Waals surface area contributed by atoms with Crippen molar-refractivity contribution in [2.75, 3.05) is 18.9 Å². The van der Waals surface area contributed by atoms with Gasteiger partial charge in [0.05, 0.1) is 6.33 Å². The summed E-state index contributed by atoms with van der Waals surface area (Å²) in [6, 6.07) is 0. The predicted octanol–water partition coefficient (Wildman–Crippen LogP) is 2.01. The number of ether oxygens (including phenoxy) is 1. The fourth-order valence-electron chi connectivity index (χ4n) is 2.83. The third-order valence-corrected chi connectivity index (χ3v) is 3.95. The Morgan fingerprint density at radius 3 is 2.95 bits per heavy atom. The third kappa shape index (κ3) is 2.90. The van der Waals surface area contributed by atoms with Gasteiger partial charge in [-0.25, -0.2) is 15.0 Å². The second-order valence-corrected chi connectivity index (χ2v) is 5.45. The van der Waals surface area contributed by atoms with E-state index in [9.17, 15) is 0 Å². The second kappa shape index (κ2) is 6.17. The van der Waals surface area contributed by atoms with Gasteiger partial charge in [-0.1, -0.05) is 12.8 Å². The maximum atomic E-state index is 5.76. The highest BCUT2D eigenvalue weighted by Crippen LogP contribution is 2.24. The lowest BCUT2D eigenvalue weighted by Crippen LogP contribution is -2.08. The van der Waals surface area contributed by atoms with Gasteiger partial charge in [-0.2, -0.15) is 0 Å². The molecule has 1 fully saturated rings. The quantitative estimate of drug-likeness (QED) is 0.816. The Hall–Kier alpha value is -1.69. The monoisotopic (exact) mass is 275 g/mol. The van der Waals surface area contributed by atoms with E-state index in [4.69, 9.17) is 10.5 Å². The first kappa shape index (κ1) is 13.3. The summed E-state index contributed by atoms with van der Waals surface area (Å²) in [5.74, 6) is 1.22. The molecule has 0 unspecified atom stereocenters. The molecule has 0 aliphatic heterocycles. The Bertz CT molecular complexity index is 562. The van der Waals surface area contributed by atoms with Crippen molar-refractivity contribution >= 4 is 17.0 Å². The molecule has 3 rings (SSSR count). The van der Waals surface area contributed by atoms with Gasteiger partial charge in [0.2, 0.25) is 0 Å². The van der Waals surface area contributed by atoms with E-state index in [0.29, 0.717) is 11.3 Å². The first-order valence-electron chi connectivity index (χ1n) is 7.33. The molecule has 1 saturated carbocycles. The van der Waals surface area contributed by atoms with Crippen molar-refractivity contribution in [3.63, 3.8) is 0 Å². The summed E-state index contributed by atoms with van der Waals surface area (Å²) in [5.41, 5.74) is 7.24. The van der Waals surface area contributed by atoms with Crippen LogP contribution in [0.15, 0.2) is 12.7 Å². The number of imidazole rings is 1. The van der Waals surface area contributed by atoms with E-state index < -0.39 is 0 Å². The molecule has 2 N–H and O–H groups in total. The molecule has 2 aromatic rings. The number of aromatic nitrogens is 4. The van der Waals surface area contributed by atoms with Crippen LogP contribution in [-0.2, 0) is 11.3 Å². The van der Waals surface area contributed by atoms with Crippen LogP contribution in [0, 0.1) is 5.92 Å². The molecule has 2 heterocycles. The van der Waals surface area contributed by atoms with Crippen LogP contribution in [-0.4, -0.2) is 32.7 Å². The van der Waals surface area contributed by atoms with Gasteiger partial charge in [0.15, 0.2) is 11.5 Å². The van der Waals surface area contributed by atoms with E-state index in [1.165, 1.54) is 32.0 Å². The van der Waals surface area contributed by atoms with Gasteiger partial charge in [0, 0.05) is 19.8 Å². The molecule has 6 heteroatoms. The summed E-state index contributed by atoms with van der Waals surface area (Å²) < 4.78 is 7.77. The first-order chi connectivity index (χ1) is 9.84. The Labute approximate surface area is 118 Å². The van der Waals surface area contributed by atoms with E-state index >= 15 is 0 Å². The summed E-state index contributed by atoms with van der Waals surface area (Å²) in [4.78, 5) is 12.4. The summed E-state index contributed by atoms with van der Waals surface area (Å²) in [7, 11) is 0. The first-order valence-corrected chi connectivity index (χ1v) is 7.33. The molecule has 1 aliphatic rings. The average Bonchev–Trinajstić information content (AvgIpc) is 3.09. The maximum Gasteiger partial charge on any atom is 0.165 e. The van der Waals surface area contributed by atoms with Crippen molar-refractivity contribution in [3.05, 3.63) is 12.7 Å². The van der Waals surface area contributed by atoms with Crippen LogP contribution < -0.4 is 5.73 Å². The Morgan fingerprint density at radius 2 is 2.10 bits per heavy atom. The number of hydrogen-bond donors (Lipinski definition) is 1. The molecule has 0 spiro atoms. The summed E-state index contributed by atoms with van der Waals surface area (Å²) >= 11 is 0. The zero-order valence-electron chi connectivity index (χ0n) is 11.7. The van der Waals surface area contributed by atoms with Gasteiger partial charge < -0.3 is 15.0 Å². The van der Waals surface area contributed by atoms with Crippen molar-refractivity contribution in [2.45, 2.75) is 38.6 Å². The number of nitrogens with zero attached hydrogens (tertiary/aromatic N) is 4. The summed E-state index contributed by atoms with van der Waals surface area (Å²) in [6.45, 7) is 2.55. The molecule has 20 heavy (non-hydrogen) atoms. The van der Waals surface area contributed by atoms with Gasteiger partial charge in [-0.15, -0.1) is 0 Å². The molecule has 0 aromatic carbocycles. The number of aryl methyl sites for hydroxylation is 1. The summed E-state index contributed by atoms with van der Waals surface area (Å²) in [6.07, 6.45) is 9.62. The van der Waals surface area contributed by atoms with E-state index in [1.54, 1.807) is 6.33 Å². The lowest BCUT2D eigenvalue weighted by atomic mass is 10.1. The minimum atomic E-state index is 0.436. The average molecular weight is 275 g/mol. The van der Waals surface area contributed by atoms with Gasteiger partial charge in [-0.05, 0) is 25.2 Å². The molecule has 2 aromatic heterocycles. The number of hydrogen-bond acceptors (Lipinski definition) is 5. The minimum Gasteiger partial charge on any atom is -0.382 e. The number of fused-ring (bicyclic) bond motifs is 1. The lowest BCUT2D eigenvalue weighted by molar-refractivity contribution is 0.0971. The van der Waals surface area contributed by atoms with Gasteiger partial charge in [0.1, 0.15) is 11.8 Å². The molecule has 0 radical (unpaired) electrons. The molecule has 108 valence electrons. The second-order valence-electron chi connectivity index (χ2n) is 5.45. The van der Waals surface area contributed by atoms with Crippen molar-refractivity contribution in [3.8, 4) is 0 Å². The maximum absolute atomic E-state index is 5.76. The topological polar surface area (TPSA) is 78.9 Å². The Balaban J connectivity index is 1.46. The van der Waals surface area contributed by atoms with Crippen LogP contribution >= 0.6 is 0 Å². The zero-order chi connectivity index (χ0) is 13.8. The Morgan fingerprint density at radius 1 is 1.25 bits per heavy atom. The van der Waals surface area contributed by atoms with E-state index in [2.05, 4.69) is 15.0 Å². The third-order valence-electron chi connectivity index (χ3n) is 3.95. The van der Waals surface area contributed by atoms with Crippen LogP contribution in [0.1, 0.15) is 32.1 Å². The normalized spacial score (nSPS) is 16.2. The van der Waals surface area contributed by atoms with Crippen molar-refractivity contribution < 1.29 is 4.74 Å². The number of anilines is 1. The van der Waals surface area contributed by atoms with Gasteiger partial charge >= 0.3 is 0 Å². The molecule has 6 nitrogen and oxygen atoms in total. The van der Waals surface area contributed by atoms with Crippen LogP contribution in [0.2, 0.25) is 0 Å². The minimum absolute atomic E-state index is 0.436. The molecule has 0 saturated heterocycles. The van der Waals surface area contributed by atoms with E-state index in [1.807, 2.05) is 4.57 Å². The van der Waals surface area contributed by atoms with E-state index in [0.717, 1.165) is 37.7 Å². The highest BCUT2D eigenvalue weighted by molar-refractivity contribution is 5.80. The van der Waals surface area contributed by atoms with Crippen LogP contribution in [0.4, 0.5) is 5.82 Å². The molecule has 0 amide bonds. The molecular formula is C14H21N5O. The fourth-order valence-corrected chi connectivity index (χ4v) is 2.83. The number of nitrogens with two attached hydrogens (primary N) is 1. The highest BCUT2D eigenvalue weighted by atomic mass is 16.5. The van der Waals surface area contributed by atoms with Crippen LogP contribution in [0.5, 0.6) is 0 Å². The van der Waals surface area contributed by atoms with Gasteiger partial charge in [0.25, 0.3) is 0 Å². The highest BCUT2D eigenvalue weighted by Gasteiger charge is 2.14. The van der Waals surface area contributed by atoms with Crippen molar-refractivity contribution in [2.24, 2.45) is 5.92 Å². The molecule has 0 atom stereocenters. The predicted molar refractivity (Wildman–Crippen MR) is 77.1 cm³/mol. The standard InChI is InChI=1S/C14H21N5O/c15-13-12-14(17-9-16-13)19(10-18-12)6-3-7-20-8-11-4-1-2-5-11/h9-11H,1-8H2,(H2,15,16,17). The molecule has 0 bridgehead atoms. The molecule has 1 aliphatic carbocycles. The number of rotatable bonds is 6. The van der Waals surface area contributed by atoms with Crippen LogP contribution in [0.25, 0.3) is 11.2 Å². The number of nitrogen functional groups attached to an aromatic ring is 1. The molecular weight excluding hydrogens is 254 g/mol. The van der Waals surface area contributed by atoms with Crippen molar-refractivity contribution in [1.29, 1.82) is 0 Å².